The molecule has 0 atom stereocenters. The highest BCUT2D eigenvalue weighted by Crippen LogP contribution is 1.73. The maximum absolute atomic E-state index is 9.81. The van der Waals surface area contributed by atoms with Gasteiger partial charge in [-0.1, -0.05) is 0 Å². The van der Waals surface area contributed by atoms with Crippen molar-refractivity contribution in [3.8, 4) is 0 Å². The van der Waals surface area contributed by atoms with E-state index in [4.69, 9.17) is 0 Å². The molecule has 0 heterocycles. The van der Waals surface area contributed by atoms with Crippen molar-refractivity contribution >= 4 is 11.9 Å². The maximum atomic E-state index is 9.81. The van der Waals surface area contributed by atoms with E-state index < -0.39 is 18.4 Å². The van der Waals surface area contributed by atoms with Crippen molar-refractivity contribution in [2.24, 2.45) is 0 Å². The minimum Gasteiger partial charge on any atom is -0.845 e. The number of rotatable bonds is 2. The second kappa shape index (κ2) is 9.11. The van der Waals surface area contributed by atoms with Gasteiger partial charge in [0.15, 0.2) is 0 Å². The van der Waals surface area contributed by atoms with Crippen LogP contribution in [0.1, 0.15) is 20.8 Å². The normalized spacial score (nSPS) is 8.77. The fourth-order valence-electron chi connectivity index (χ4n) is 0.338. The molecule has 0 aromatic rings. The van der Waals surface area contributed by atoms with E-state index in [0.29, 0.717) is 0 Å². The molecule has 6 heteroatoms. The molecule has 13 heavy (non-hydrogen) atoms. The van der Waals surface area contributed by atoms with Crippen LogP contribution in [0.2, 0.25) is 0 Å². The van der Waals surface area contributed by atoms with E-state index in [1.807, 2.05) is 0 Å². The van der Waals surface area contributed by atoms with Crippen LogP contribution in [0.4, 0.5) is 0 Å². The van der Waals surface area contributed by atoms with E-state index in [2.05, 4.69) is 9.47 Å². The number of esters is 2. The Morgan fingerprint density at radius 1 is 1.23 bits per heavy atom. The summed E-state index contributed by atoms with van der Waals surface area (Å²) in [5.41, 5.74) is 0. The van der Waals surface area contributed by atoms with Crippen LogP contribution in [0.3, 0.4) is 0 Å². The first kappa shape index (κ1) is 14.5. The Kier molecular flexibility index (Phi) is 10.2. The fraction of sp³-hybridized carbons (Fsp3) is 0.714. The number of ether oxygens (including phenoxy) is 2. The van der Waals surface area contributed by atoms with Gasteiger partial charge in [-0.3, -0.25) is 9.59 Å². The second-order valence-corrected chi connectivity index (χ2v) is 1.83. The highest BCUT2D eigenvalue weighted by Gasteiger charge is 1.93. The van der Waals surface area contributed by atoms with E-state index in [1.54, 1.807) is 6.92 Å². The molecule has 6 nitrogen and oxygen atoms in total. The van der Waals surface area contributed by atoms with Crippen LogP contribution in [-0.2, 0) is 19.1 Å². The summed E-state index contributed by atoms with van der Waals surface area (Å²) in [5, 5.41) is 18.7. The van der Waals surface area contributed by atoms with Crippen LogP contribution >= 0.6 is 0 Å². The molecule has 0 spiro atoms. The molecular weight excluding hydrogens is 180 g/mol. The number of hydrogen-bond donors (Lipinski definition) is 0. The summed E-state index contributed by atoms with van der Waals surface area (Å²) in [6.45, 7) is 2.07. The molecule has 0 amide bonds. The average Bonchev–Trinajstić information content (AvgIpc) is 1.83. The predicted octanol–water partition coefficient (Wildman–Crippen LogP) is -1.88. The Labute approximate surface area is 76.1 Å². The minimum atomic E-state index is -2.10. The van der Waals surface area contributed by atoms with E-state index in [1.165, 1.54) is 13.8 Å². The molecule has 0 radical (unpaired) electrons. The van der Waals surface area contributed by atoms with Gasteiger partial charge in [0, 0.05) is 20.5 Å². The van der Waals surface area contributed by atoms with Gasteiger partial charge in [0.25, 0.3) is 0 Å². The van der Waals surface area contributed by atoms with Gasteiger partial charge in [-0.05, 0) is 6.92 Å². The zero-order valence-electron chi connectivity index (χ0n) is 7.73. The van der Waals surface area contributed by atoms with Crippen LogP contribution in [0, 0.1) is 0 Å². The lowest BCUT2D eigenvalue weighted by molar-refractivity contribution is -0.718. The first-order chi connectivity index (χ1) is 5.90. The average molecular weight is 192 g/mol. The van der Waals surface area contributed by atoms with Crippen LogP contribution in [-0.4, -0.2) is 25.0 Å². The molecule has 78 valence electrons. The Morgan fingerprint density at radius 2 is 1.62 bits per heavy atom. The Balaban J connectivity index is 0. The topological polar surface area (TPSA) is 98.7 Å². The second-order valence-electron chi connectivity index (χ2n) is 1.83. The Bertz CT molecular complexity index is 141. The highest BCUT2D eigenvalue weighted by atomic mass is 16.7. The molecule has 0 rings (SSSR count). The number of carbonyl (C=O) groups excluding carboxylic acids is 2. The van der Waals surface area contributed by atoms with Crippen LogP contribution in [0.5, 0.6) is 0 Å². The summed E-state index contributed by atoms with van der Waals surface area (Å²) in [7, 11) is 0. The van der Waals surface area contributed by atoms with E-state index in [0.717, 1.165) is 0 Å². The molecule has 0 saturated heterocycles. The maximum Gasteiger partial charge on any atom is 0.310 e. The van der Waals surface area contributed by atoms with Gasteiger partial charge in [-0.2, -0.15) is 0 Å². The SMILES string of the molecule is CC(=O)OC(C)=O.CCOC([O-])[O-]. The fourth-order valence-corrected chi connectivity index (χ4v) is 0.338. The van der Waals surface area contributed by atoms with Gasteiger partial charge in [-0.25, -0.2) is 0 Å². The molecule has 0 bridgehead atoms. The van der Waals surface area contributed by atoms with Gasteiger partial charge in [0.1, 0.15) is 0 Å². The molecule has 0 unspecified atom stereocenters. The predicted molar refractivity (Wildman–Crippen MR) is 37.9 cm³/mol. The zero-order chi connectivity index (χ0) is 10.9. The molecule has 0 aliphatic carbocycles. The highest BCUT2D eigenvalue weighted by molar-refractivity contribution is 5.82. The lowest BCUT2D eigenvalue weighted by atomic mass is 10.7. The van der Waals surface area contributed by atoms with Gasteiger partial charge in [0.05, 0.1) is 0 Å². The number of hydrogen-bond acceptors (Lipinski definition) is 6. The molecule has 0 fully saturated rings. The lowest BCUT2D eigenvalue weighted by Gasteiger charge is -2.27. The number of carbonyl (C=O) groups is 2. The van der Waals surface area contributed by atoms with Crippen LogP contribution < -0.4 is 10.2 Å². The van der Waals surface area contributed by atoms with E-state index >= 15 is 0 Å². The van der Waals surface area contributed by atoms with Gasteiger partial charge < -0.3 is 19.7 Å². The van der Waals surface area contributed by atoms with Crippen molar-refractivity contribution in [3.05, 3.63) is 0 Å². The van der Waals surface area contributed by atoms with E-state index in [-0.39, 0.29) is 6.61 Å². The molecule has 0 N–H and O–H groups in total. The van der Waals surface area contributed by atoms with Gasteiger partial charge >= 0.3 is 11.9 Å². The summed E-state index contributed by atoms with van der Waals surface area (Å²) in [5.74, 6) is -1.12. The first-order valence-electron chi connectivity index (χ1n) is 3.52. The lowest BCUT2D eigenvalue weighted by Crippen LogP contribution is -2.41. The monoisotopic (exact) mass is 192 g/mol. The molecule has 0 aliphatic heterocycles. The molecular formula is C7H12O6-2. The molecule has 0 aromatic heterocycles. The van der Waals surface area contributed by atoms with Crippen LogP contribution in [0.15, 0.2) is 0 Å². The zero-order valence-corrected chi connectivity index (χ0v) is 7.73. The largest absolute Gasteiger partial charge is 0.845 e. The summed E-state index contributed by atoms with van der Waals surface area (Å²) >= 11 is 0. The van der Waals surface area contributed by atoms with E-state index in [9.17, 15) is 19.8 Å². The first-order valence-corrected chi connectivity index (χ1v) is 3.52. The standard InChI is InChI=1S/C4H6O3.C3H6O3/c1-3(5)7-4(2)6;1-2-6-3(4)5/h1-2H3;3H,2H2,1H3/q;-2. The molecule has 0 aromatic carbocycles. The van der Waals surface area contributed by atoms with Crippen molar-refractivity contribution in [2.75, 3.05) is 6.61 Å². The Morgan fingerprint density at radius 3 is 1.62 bits per heavy atom. The van der Waals surface area contributed by atoms with Gasteiger partial charge in [0.2, 0.25) is 0 Å². The Hall–Kier alpha value is -0.980. The van der Waals surface area contributed by atoms with Crippen molar-refractivity contribution in [1.29, 1.82) is 0 Å². The third kappa shape index (κ3) is 24.7. The quantitative estimate of drug-likeness (QED) is 0.288. The van der Waals surface area contributed by atoms with Crippen molar-refractivity contribution in [3.63, 3.8) is 0 Å². The van der Waals surface area contributed by atoms with Crippen LogP contribution in [0.25, 0.3) is 0 Å². The smallest absolute Gasteiger partial charge is 0.310 e. The molecule has 0 aliphatic rings. The van der Waals surface area contributed by atoms with Crippen molar-refractivity contribution in [2.45, 2.75) is 27.2 Å². The summed E-state index contributed by atoms with van der Waals surface area (Å²) in [6, 6.07) is 0. The minimum absolute atomic E-state index is 0.206. The molecule has 0 saturated carbocycles. The van der Waals surface area contributed by atoms with Crippen molar-refractivity contribution < 1.29 is 29.3 Å². The summed E-state index contributed by atoms with van der Waals surface area (Å²) in [6.07, 6.45) is 0. The summed E-state index contributed by atoms with van der Waals surface area (Å²) < 4.78 is 7.90. The summed E-state index contributed by atoms with van der Waals surface area (Å²) in [4.78, 5) is 19.6. The third-order valence-corrected chi connectivity index (χ3v) is 0.590. The third-order valence-electron chi connectivity index (χ3n) is 0.590. The van der Waals surface area contributed by atoms with Crippen molar-refractivity contribution in [1.82, 2.24) is 0 Å². The van der Waals surface area contributed by atoms with Gasteiger partial charge in [-0.15, -0.1) is 6.48 Å².